The van der Waals surface area contributed by atoms with E-state index in [1.807, 2.05) is 0 Å². The number of aromatic amines is 1. The smallest absolute Gasteiger partial charge is 0.382 e. The Labute approximate surface area is 78.7 Å². The fraction of sp³-hybridized carbons (Fsp3) is 0. The number of hydrogen-bond acceptors (Lipinski definition) is 5. The van der Waals surface area contributed by atoms with Gasteiger partial charge < -0.3 is 16.5 Å². The Morgan fingerprint density at radius 1 is 1.50 bits per heavy atom. The molecule has 0 aliphatic heterocycles. The number of nitrogens with two attached hydrogens (primary N) is 2. The number of nitrogen functional groups attached to an aromatic ring is 1. The summed E-state index contributed by atoms with van der Waals surface area (Å²) in [4.78, 5) is 16.4. The molecule has 14 heavy (non-hydrogen) atoms. The third-order valence-corrected chi connectivity index (χ3v) is 0.915. The van der Waals surface area contributed by atoms with E-state index in [2.05, 4.69) is 9.97 Å². The lowest BCUT2D eigenvalue weighted by Gasteiger charge is -1.87. The van der Waals surface area contributed by atoms with Crippen LogP contribution in [0.15, 0.2) is 6.33 Å². The summed E-state index contributed by atoms with van der Waals surface area (Å²) in [7, 11) is -4.67. The Kier molecular flexibility index (Phi) is 4.01. The maximum absolute atomic E-state index is 10.4. The molecular formula is C4H8N4O5S. The molecule has 1 heterocycles. The molecule has 1 amide bonds. The summed E-state index contributed by atoms with van der Waals surface area (Å²) in [5.41, 5.74) is 10.2. The number of aromatic nitrogens is 2. The van der Waals surface area contributed by atoms with Gasteiger partial charge in [0.15, 0.2) is 5.82 Å². The maximum Gasteiger partial charge on any atom is 0.394 e. The van der Waals surface area contributed by atoms with Crippen molar-refractivity contribution >= 4 is 22.1 Å². The zero-order valence-corrected chi connectivity index (χ0v) is 7.52. The van der Waals surface area contributed by atoms with E-state index in [4.69, 9.17) is 29.0 Å². The second kappa shape index (κ2) is 4.55. The van der Waals surface area contributed by atoms with Gasteiger partial charge in [-0.05, 0) is 0 Å². The Balaban J connectivity index is 0.000000292. The van der Waals surface area contributed by atoms with Crippen LogP contribution in [-0.4, -0.2) is 33.4 Å². The Morgan fingerprint density at radius 3 is 2.07 bits per heavy atom. The molecule has 9 nitrogen and oxygen atoms in total. The number of anilines is 1. The number of primary amides is 1. The van der Waals surface area contributed by atoms with E-state index in [1.165, 1.54) is 6.33 Å². The zero-order chi connectivity index (χ0) is 11.4. The highest BCUT2D eigenvalue weighted by Crippen LogP contribution is 2.00. The Morgan fingerprint density at radius 2 is 1.93 bits per heavy atom. The fourth-order valence-electron chi connectivity index (χ4n) is 0.502. The van der Waals surface area contributed by atoms with Crippen LogP contribution in [0.1, 0.15) is 10.5 Å². The average Bonchev–Trinajstić information content (AvgIpc) is 2.30. The molecule has 1 aromatic heterocycles. The molecule has 0 aromatic carbocycles. The summed E-state index contributed by atoms with van der Waals surface area (Å²) >= 11 is 0. The third-order valence-electron chi connectivity index (χ3n) is 0.915. The number of rotatable bonds is 1. The molecule has 0 bridgehead atoms. The minimum atomic E-state index is -4.67. The summed E-state index contributed by atoms with van der Waals surface area (Å²) in [6.07, 6.45) is 1.31. The van der Waals surface area contributed by atoms with Crippen LogP contribution in [0.25, 0.3) is 0 Å². The molecule has 0 aliphatic carbocycles. The summed E-state index contributed by atoms with van der Waals surface area (Å²) in [5.74, 6) is -0.451. The second-order valence-electron chi connectivity index (χ2n) is 1.97. The van der Waals surface area contributed by atoms with Gasteiger partial charge in [0.05, 0.1) is 6.33 Å². The first-order valence-corrected chi connectivity index (χ1v) is 4.40. The monoisotopic (exact) mass is 224 g/mol. The highest BCUT2D eigenvalue weighted by atomic mass is 32.3. The zero-order valence-electron chi connectivity index (χ0n) is 6.71. The van der Waals surface area contributed by atoms with Gasteiger partial charge in [0.2, 0.25) is 0 Å². The molecule has 0 radical (unpaired) electrons. The number of imidazole rings is 1. The number of carbonyl (C=O) groups is 1. The van der Waals surface area contributed by atoms with E-state index in [9.17, 15) is 4.79 Å². The summed E-state index contributed by atoms with van der Waals surface area (Å²) in [6.45, 7) is 0. The molecule has 0 aliphatic rings. The molecule has 1 aromatic rings. The highest BCUT2D eigenvalue weighted by Gasteiger charge is 2.05. The van der Waals surface area contributed by atoms with Crippen LogP contribution in [0.2, 0.25) is 0 Å². The van der Waals surface area contributed by atoms with E-state index in [0.717, 1.165) is 0 Å². The SMILES string of the molecule is NC(=O)c1[nH]cnc1N.O=S(=O)(O)O. The highest BCUT2D eigenvalue weighted by molar-refractivity contribution is 7.79. The van der Waals surface area contributed by atoms with Gasteiger partial charge in [0.1, 0.15) is 5.69 Å². The van der Waals surface area contributed by atoms with E-state index >= 15 is 0 Å². The number of hydrogen-bond donors (Lipinski definition) is 5. The molecule has 0 spiro atoms. The van der Waals surface area contributed by atoms with Crippen LogP contribution in [0.4, 0.5) is 5.82 Å². The van der Waals surface area contributed by atoms with E-state index in [0.29, 0.717) is 0 Å². The van der Waals surface area contributed by atoms with Crippen molar-refractivity contribution in [1.29, 1.82) is 0 Å². The molecule has 10 heteroatoms. The molecule has 1 rings (SSSR count). The minimum absolute atomic E-state index is 0.141. The largest absolute Gasteiger partial charge is 0.394 e. The molecule has 7 N–H and O–H groups in total. The van der Waals surface area contributed by atoms with Crippen LogP contribution >= 0.6 is 0 Å². The van der Waals surface area contributed by atoms with Gasteiger partial charge in [-0.2, -0.15) is 8.42 Å². The van der Waals surface area contributed by atoms with Crippen LogP contribution in [0.3, 0.4) is 0 Å². The van der Waals surface area contributed by atoms with E-state index in [-0.39, 0.29) is 11.5 Å². The predicted molar refractivity (Wildman–Crippen MR) is 45.7 cm³/mol. The minimum Gasteiger partial charge on any atom is -0.382 e. The van der Waals surface area contributed by atoms with Gasteiger partial charge in [-0.25, -0.2) is 4.98 Å². The van der Waals surface area contributed by atoms with Gasteiger partial charge in [-0.15, -0.1) is 0 Å². The van der Waals surface area contributed by atoms with Crippen molar-refractivity contribution in [3.63, 3.8) is 0 Å². The van der Waals surface area contributed by atoms with Gasteiger partial charge in [-0.3, -0.25) is 13.9 Å². The molecule has 0 atom stereocenters. The van der Waals surface area contributed by atoms with Crippen LogP contribution in [0.5, 0.6) is 0 Å². The maximum atomic E-state index is 10.4. The summed E-state index contributed by atoms with van der Waals surface area (Å²) in [5, 5.41) is 0. The molecule has 0 saturated heterocycles. The molecular weight excluding hydrogens is 216 g/mol. The standard InChI is InChI=1S/C4H6N4O.H2O4S/c5-3-2(4(6)9)7-1-8-3;1-5(2,3)4/h1H,5H2,(H2,6,9)(H,7,8);(H2,1,2,3,4). The molecule has 80 valence electrons. The first-order chi connectivity index (χ1) is 6.22. The van der Waals surface area contributed by atoms with Crippen molar-refractivity contribution < 1.29 is 22.3 Å². The Hall–Kier alpha value is -1.65. The number of amides is 1. The number of carbonyl (C=O) groups excluding carboxylic acids is 1. The number of nitrogens with one attached hydrogen (secondary N) is 1. The molecule has 0 unspecified atom stereocenters. The van der Waals surface area contributed by atoms with Gasteiger partial charge in [0, 0.05) is 0 Å². The van der Waals surface area contributed by atoms with Crippen LogP contribution in [-0.2, 0) is 10.4 Å². The first-order valence-electron chi connectivity index (χ1n) is 3.00. The van der Waals surface area contributed by atoms with Gasteiger partial charge >= 0.3 is 10.4 Å². The predicted octanol–water partition coefficient (Wildman–Crippen LogP) is -1.56. The second-order valence-corrected chi connectivity index (χ2v) is 2.87. The van der Waals surface area contributed by atoms with Crippen molar-refractivity contribution in [2.75, 3.05) is 5.73 Å². The van der Waals surface area contributed by atoms with Gasteiger partial charge in [-0.1, -0.05) is 0 Å². The number of H-pyrrole nitrogens is 1. The quantitative estimate of drug-likeness (QED) is 0.358. The van der Waals surface area contributed by atoms with Crippen molar-refractivity contribution in [2.45, 2.75) is 0 Å². The first kappa shape index (κ1) is 12.3. The lowest BCUT2D eigenvalue weighted by molar-refractivity contribution is 0.0997. The lowest BCUT2D eigenvalue weighted by Crippen LogP contribution is -2.13. The fourth-order valence-corrected chi connectivity index (χ4v) is 0.502. The topological polar surface area (TPSA) is 172 Å². The lowest BCUT2D eigenvalue weighted by atomic mass is 10.4. The Bertz CT molecular complexity index is 401. The number of nitrogens with zero attached hydrogens (tertiary/aromatic N) is 1. The van der Waals surface area contributed by atoms with E-state index in [1.54, 1.807) is 0 Å². The third kappa shape index (κ3) is 5.93. The van der Waals surface area contributed by atoms with Crippen molar-refractivity contribution in [3.8, 4) is 0 Å². The van der Waals surface area contributed by atoms with Crippen molar-refractivity contribution in [3.05, 3.63) is 12.0 Å². The van der Waals surface area contributed by atoms with Crippen LogP contribution < -0.4 is 11.5 Å². The molecule has 0 fully saturated rings. The van der Waals surface area contributed by atoms with E-state index < -0.39 is 16.3 Å². The van der Waals surface area contributed by atoms with Crippen molar-refractivity contribution in [2.24, 2.45) is 5.73 Å². The normalized spacial score (nSPS) is 10.1. The van der Waals surface area contributed by atoms with Crippen LogP contribution in [0, 0.1) is 0 Å². The summed E-state index contributed by atoms with van der Waals surface area (Å²) in [6, 6.07) is 0. The van der Waals surface area contributed by atoms with Gasteiger partial charge in [0.25, 0.3) is 5.91 Å². The van der Waals surface area contributed by atoms with Crippen molar-refractivity contribution in [1.82, 2.24) is 9.97 Å². The average molecular weight is 224 g/mol. The summed E-state index contributed by atoms with van der Waals surface area (Å²) < 4.78 is 31.6. The molecule has 0 saturated carbocycles.